The highest BCUT2D eigenvalue weighted by atomic mass is 32.1. The minimum absolute atomic E-state index is 0.00732. The van der Waals surface area contributed by atoms with Crippen molar-refractivity contribution in [2.45, 2.75) is 226 Å². The van der Waals surface area contributed by atoms with Crippen LogP contribution in [0.5, 0.6) is 0 Å². The molecule has 4 bridgehead atoms. The van der Waals surface area contributed by atoms with Gasteiger partial charge in [-0.2, -0.15) is 0 Å². The van der Waals surface area contributed by atoms with Crippen LogP contribution in [0.1, 0.15) is 145 Å². The van der Waals surface area contributed by atoms with Gasteiger partial charge < -0.3 is 115 Å². The second-order valence-electron chi connectivity index (χ2n) is 28.6. The number of thiophene rings is 6. The van der Waals surface area contributed by atoms with Crippen molar-refractivity contribution in [1.82, 2.24) is 31.9 Å². The van der Waals surface area contributed by atoms with Crippen molar-refractivity contribution in [1.29, 1.82) is 0 Å². The minimum Gasteiger partial charge on any atom is -0.508 e. The van der Waals surface area contributed by atoms with Crippen LogP contribution in [0.2, 0.25) is 0 Å². The number of aliphatic carboxylic acids is 3. The number of hydrogen-bond acceptors (Lipinski definition) is 32. The topological polar surface area (TPSA) is 544 Å². The van der Waals surface area contributed by atoms with E-state index in [0.29, 0.717) is 38.5 Å². The van der Waals surface area contributed by atoms with E-state index in [1.807, 2.05) is 86.9 Å². The Hall–Kier alpha value is -8.21. The van der Waals surface area contributed by atoms with Gasteiger partial charge in [0.2, 0.25) is 35.4 Å². The molecule has 12 atom stereocenters. The van der Waals surface area contributed by atoms with Gasteiger partial charge in [-0.1, -0.05) is 36.4 Å². The van der Waals surface area contributed by atoms with Gasteiger partial charge in [-0.3, -0.25) is 57.5 Å². The maximum Gasteiger partial charge on any atom is 0.551 e. The average Bonchev–Trinajstić information content (AvgIpc) is 1.46. The van der Waals surface area contributed by atoms with E-state index >= 15 is 0 Å². The largest absolute Gasteiger partial charge is 0.551 e. The molecule has 0 radical (unpaired) electrons. The van der Waals surface area contributed by atoms with Crippen LogP contribution in [-0.2, 0) is 129 Å². The first-order valence-corrected chi connectivity index (χ1v) is 43.7. The molecule has 0 aromatic carbocycles. The van der Waals surface area contributed by atoms with Gasteiger partial charge in [-0.25, -0.2) is 0 Å². The molecule has 6 amide bonds. The molecule has 0 spiro atoms. The lowest BCUT2D eigenvalue weighted by Gasteiger charge is -2.36. The zero-order chi connectivity index (χ0) is 85.9. The number of carbonyl (C=O) groups is 12. The van der Waals surface area contributed by atoms with Gasteiger partial charge in [-0.05, 0) is 146 Å². The number of nitrogens with one attached hydrogen (secondary N) is 6. The zero-order valence-corrected chi connectivity index (χ0v) is 69.3. The highest BCUT2D eigenvalue weighted by Gasteiger charge is 2.48. The van der Waals surface area contributed by atoms with Crippen LogP contribution < -0.4 is 31.9 Å². The second-order valence-corrected chi connectivity index (χ2v) is 34.8. The molecular weight excluding hydrogens is 1670 g/mol. The quantitative estimate of drug-likeness (QED) is 0.0250. The van der Waals surface area contributed by atoms with E-state index in [9.17, 15) is 92.9 Å². The molecule has 6 aromatic heterocycles. The number of rotatable bonds is 36. The van der Waals surface area contributed by atoms with Crippen LogP contribution in [0.4, 0.5) is 0 Å². The first kappa shape index (κ1) is 96.3. The molecule has 2 unspecified atom stereocenters. The van der Waals surface area contributed by atoms with Gasteiger partial charge in [0.25, 0.3) is 17.9 Å². The van der Waals surface area contributed by atoms with Crippen molar-refractivity contribution in [3.63, 3.8) is 0 Å². The summed E-state index contributed by atoms with van der Waals surface area (Å²) in [5.41, 5.74) is 0. The molecule has 5 fully saturated rings. The van der Waals surface area contributed by atoms with Gasteiger partial charge in [0, 0.05) is 29.3 Å². The Morgan fingerprint density at radius 2 is 0.773 bits per heavy atom. The van der Waals surface area contributed by atoms with E-state index < -0.39 is 164 Å². The molecule has 0 aliphatic carbocycles. The average molecular weight is 1760 g/mol. The summed E-state index contributed by atoms with van der Waals surface area (Å²) in [7, 11) is -7.87. The highest BCUT2D eigenvalue weighted by molar-refractivity contribution is 7.11. The van der Waals surface area contributed by atoms with Crippen molar-refractivity contribution in [3.8, 4) is 0 Å². The number of aliphatic hydroxyl groups excluding tert-OH is 2. The third-order valence-corrected chi connectivity index (χ3v) is 24.2. The van der Waals surface area contributed by atoms with Crippen LogP contribution in [0.3, 0.4) is 0 Å². The maximum atomic E-state index is 12.8. The number of aliphatic hydroxyl groups is 2. The Balaban J connectivity index is 0.000000207. The summed E-state index contributed by atoms with van der Waals surface area (Å²) in [6, 6.07) is 22.1. The minimum atomic E-state index is -1.83. The van der Waals surface area contributed by atoms with Crippen LogP contribution >= 0.6 is 68.0 Å². The Bertz CT molecular complexity index is 4060. The SMILES string of the molecule is O=C(Cc1cccs1)N[C@H]1CCC2CC(=O)OB(O2)[C@@H](NC(=O)Cc2cccs2)CCC2CC(=O)OB1O2.O=C(O)C[C@@H](O)CC[C@H](NC(=O)Cc1cccs1)B(O)O.O=C(O)C[C@@H](O)CC[C@H](NC(=O)Cc1cccs1)B1OC(=O)C[C@H](CC[C@H](NC(=O)Cc2cccs2)B(O)O)O1.O=C(O)C[C@@H]1CC[C@H](NC(=O)Cc2cccs2)B(O)O1. The van der Waals surface area contributed by atoms with Crippen LogP contribution in [-0.4, -0.2) is 237 Å². The molecule has 5 aliphatic heterocycles. The van der Waals surface area contributed by atoms with Crippen LogP contribution in [0.25, 0.3) is 0 Å². The first-order valence-electron chi connectivity index (χ1n) is 38.4. The molecule has 640 valence electrons. The summed E-state index contributed by atoms with van der Waals surface area (Å²) in [5.74, 6) is -10.8. The lowest BCUT2D eigenvalue weighted by molar-refractivity contribution is -0.145. The normalized spacial score (nSPS) is 20.3. The number of fused-ring (bicyclic) bond motifs is 4. The molecule has 35 nitrogen and oxygen atoms in total. The predicted octanol–water partition coefficient (Wildman–Crippen LogP) is 2.04. The molecule has 5 saturated heterocycles. The summed E-state index contributed by atoms with van der Waals surface area (Å²) in [4.78, 5) is 149. The van der Waals surface area contributed by atoms with E-state index in [1.165, 1.54) is 68.0 Å². The standard InChI is InChI=1S/C24H32B2N2O10S2.C24H28B2N2O8S2.C12H18BNO6S.C12H16BNO5S/c29-15(11-23(32)33)5-7-20(28-22(31)14-18-4-2-10-40-18)26-37-16(12-24(34)38-26)6-8-19(25(35)36)27-21(30)13-17-3-1-9-39-17;29-21(13-17-3-1-9-37-17)27-19-7-5-15-11-24(32)36-26(34-15)20(28-22(30)14-18-4-2-10-38-18)8-6-16-12-23(31)35-25(19)33-16;15-8(6-12(17)18)3-4-10(13(19)20)14-11(16)7-9-2-1-5-21-9;15-11(7-9-2-1-5-20-9)14-10-4-3-8(6-12(16)17)19-13(10)18/h1-4,9-10,15-16,19-20,29,35-36H,5-8,11-14H2,(H,27,30)(H,28,31)(H,32,33);1-4,9-10,15-16,19-20H,5-8,11-14H2,(H,27,29)(H,28,30);1-2,5,8,10,15,19-20H,3-4,6-7H2,(H,14,16)(H,17,18);1-2,5,8,10,18H,3-4,6-7H2,(H,14,15)(H,16,17)/t15-,16-,19-,20-;15?,16?,19-,20-;2*8-,10-/m0000/s1. The lowest BCUT2D eigenvalue weighted by atomic mass is 9.70. The van der Waals surface area contributed by atoms with Crippen molar-refractivity contribution in [2.24, 2.45) is 0 Å². The van der Waals surface area contributed by atoms with Gasteiger partial charge in [0.05, 0.1) is 149 Å². The Kier molecular flexibility index (Phi) is 40.7. The molecule has 0 saturated carbocycles. The molecule has 11 heterocycles. The third-order valence-electron chi connectivity index (χ3n) is 18.9. The van der Waals surface area contributed by atoms with Crippen molar-refractivity contribution in [2.75, 3.05) is 0 Å². The van der Waals surface area contributed by atoms with E-state index in [0.717, 1.165) is 29.3 Å². The van der Waals surface area contributed by atoms with Gasteiger partial charge in [0.15, 0.2) is 0 Å². The number of carboxylic acids is 3. The van der Waals surface area contributed by atoms with Crippen molar-refractivity contribution in [3.05, 3.63) is 134 Å². The fourth-order valence-electron chi connectivity index (χ4n) is 13.1. The van der Waals surface area contributed by atoms with E-state index in [1.54, 1.807) is 18.2 Å². The number of carbonyl (C=O) groups excluding carboxylic acids is 9. The van der Waals surface area contributed by atoms with E-state index in [4.69, 9.17) is 47.9 Å². The fraction of sp³-hybridized carbons (Fsp3) is 0.500. The van der Waals surface area contributed by atoms with Gasteiger partial charge in [-0.15, -0.1) is 68.0 Å². The first-order chi connectivity index (χ1) is 56.9. The lowest BCUT2D eigenvalue weighted by Crippen LogP contribution is -2.57. The molecule has 5 aliphatic rings. The maximum absolute atomic E-state index is 12.8. The molecule has 11 rings (SSSR count). The van der Waals surface area contributed by atoms with E-state index in [2.05, 4.69) is 31.9 Å². The molecule has 47 heteroatoms. The van der Waals surface area contributed by atoms with Crippen molar-refractivity contribution < 1.29 is 141 Å². The smallest absolute Gasteiger partial charge is 0.508 e. The second kappa shape index (κ2) is 50.3. The monoisotopic (exact) mass is 1760 g/mol. The predicted molar refractivity (Wildman–Crippen MR) is 441 cm³/mol. The summed E-state index contributed by atoms with van der Waals surface area (Å²) < 4.78 is 39.8. The fourth-order valence-corrected chi connectivity index (χ4v) is 17.3. The van der Waals surface area contributed by atoms with Crippen molar-refractivity contribution >= 4 is 182 Å². The summed E-state index contributed by atoms with van der Waals surface area (Å²) >= 11 is 8.71. The van der Waals surface area contributed by atoms with Crippen LogP contribution in [0.15, 0.2) is 105 Å². The molecule has 16 N–H and O–H groups in total. The summed E-state index contributed by atoms with van der Waals surface area (Å²) in [6.45, 7) is 0. The number of carboxylic acid groups (broad SMARTS) is 3. The van der Waals surface area contributed by atoms with Gasteiger partial charge >= 0.3 is 60.6 Å². The summed E-state index contributed by atoms with van der Waals surface area (Å²) in [6.07, 6.45) is -1.47. The van der Waals surface area contributed by atoms with E-state index in [-0.39, 0.29) is 138 Å². The number of amides is 6. The zero-order valence-electron chi connectivity index (χ0n) is 64.4. The van der Waals surface area contributed by atoms with Crippen LogP contribution in [0, 0.1) is 0 Å². The highest BCUT2D eigenvalue weighted by Crippen LogP contribution is 2.29. The Morgan fingerprint density at radius 1 is 0.412 bits per heavy atom. The molecular formula is C72H94B6N6O29S6. The third kappa shape index (κ3) is 36.2. The Morgan fingerprint density at radius 3 is 1.14 bits per heavy atom. The molecule has 119 heavy (non-hydrogen) atoms. The Labute approximate surface area is 710 Å². The summed E-state index contributed by atoms with van der Waals surface area (Å²) in [5, 5.41) is 121. The van der Waals surface area contributed by atoms with Gasteiger partial charge in [0.1, 0.15) is 0 Å². The molecule has 6 aromatic rings. The number of hydrogen-bond donors (Lipinski definition) is 16.